The van der Waals surface area contributed by atoms with E-state index in [1.807, 2.05) is 0 Å². The Morgan fingerprint density at radius 3 is 0.862 bits per heavy atom. The van der Waals surface area contributed by atoms with Crippen LogP contribution in [-0.2, 0) is 9.31 Å². The molecule has 0 aromatic heterocycles. The maximum absolute atomic E-state index is 5.59. The molecule has 0 N–H and O–H groups in total. The Bertz CT molecular complexity index is 247. The summed E-state index contributed by atoms with van der Waals surface area (Å²) in [6.45, 7) is 6.31. The third-order valence-electron chi connectivity index (χ3n) is 5.95. The summed E-state index contributed by atoms with van der Waals surface area (Å²) in [5.41, 5.74) is 0. The van der Waals surface area contributed by atoms with Crippen LogP contribution >= 0.6 is 0 Å². The topological polar surface area (TPSA) is 18.5 Å². The summed E-state index contributed by atoms with van der Waals surface area (Å²) >= 11 is 0. The average molecular weight is 411 g/mol. The van der Waals surface area contributed by atoms with Gasteiger partial charge in [-0.05, 0) is 12.8 Å². The van der Waals surface area contributed by atoms with Crippen LogP contribution in [0.3, 0.4) is 0 Å². The fourth-order valence-electron chi connectivity index (χ4n) is 3.91. The molecule has 0 aromatic rings. The molecule has 2 nitrogen and oxygen atoms in total. The van der Waals surface area contributed by atoms with Crippen molar-refractivity contribution >= 4 is 7.69 Å². The minimum absolute atomic E-state index is 0.496. The molecule has 0 saturated carbocycles. The monoisotopic (exact) mass is 410 g/mol. The molecular weight excluding hydrogens is 355 g/mol. The summed E-state index contributed by atoms with van der Waals surface area (Å²) < 4.78 is 11.2. The first-order valence-corrected chi connectivity index (χ1v) is 13.6. The number of unbranched alkanes of at least 4 members (excludes halogenated alkanes) is 20. The summed E-state index contributed by atoms with van der Waals surface area (Å²) in [5.74, 6) is 0. The lowest BCUT2D eigenvalue weighted by atomic mass is 10.1. The molecule has 0 unspecified atom stereocenters. The van der Waals surface area contributed by atoms with Crippen LogP contribution in [0, 0.1) is 0 Å². The van der Waals surface area contributed by atoms with E-state index in [4.69, 9.17) is 9.31 Å². The molecular formula is C26H55BO2. The van der Waals surface area contributed by atoms with Gasteiger partial charge in [-0.2, -0.15) is 0 Å². The second-order valence-corrected chi connectivity index (χ2v) is 9.01. The van der Waals surface area contributed by atoms with Crippen LogP contribution in [0.5, 0.6) is 0 Å². The van der Waals surface area contributed by atoms with Gasteiger partial charge >= 0.3 is 7.69 Å². The lowest BCUT2D eigenvalue weighted by Gasteiger charge is -2.05. The molecule has 3 heteroatoms. The van der Waals surface area contributed by atoms with E-state index in [1.165, 1.54) is 141 Å². The fraction of sp³-hybridized carbons (Fsp3) is 1.00. The van der Waals surface area contributed by atoms with Crippen molar-refractivity contribution in [1.29, 1.82) is 0 Å². The Balaban J connectivity index is 2.97. The third kappa shape index (κ3) is 28.0. The predicted molar refractivity (Wildman–Crippen MR) is 132 cm³/mol. The van der Waals surface area contributed by atoms with Gasteiger partial charge in [0.2, 0.25) is 0 Å². The quantitative estimate of drug-likeness (QED) is 0.105. The van der Waals surface area contributed by atoms with Crippen LogP contribution in [0.2, 0.25) is 0 Å². The molecule has 0 aromatic carbocycles. The first-order chi connectivity index (χ1) is 14.4. The standard InChI is InChI=1S/C26H55BO2/c1-3-5-7-9-11-13-15-17-19-21-23-25-28-27-29-26-24-22-20-18-16-14-12-10-8-6-4-2/h27H,3-26H2,1-2H3. The fourth-order valence-corrected chi connectivity index (χ4v) is 3.91. The van der Waals surface area contributed by atoms with Gasteiger partial charge in [0.05, 0.1) is 0 Å². The predicted octanol–water partition coefficient (Wildman–Crippen LogP) is 8.91. The highest BCUT2D eigenvalue weighted by Gasteiger charge is 1.97. The normalized spacial score (nSPS) is 11.2. The maximum Gasteiger partial charge on any atom is 0.438 e. The molecule has 0 aliphatic rings. The van der Waals surface area contributed by atoms with E-state index in [1.54, 1.807) is 0 Å². The summed E-state index contributed by atoms with van der Waals surface area (Å²) in [7, 11) is 0.496. The van der Waals surface area contributed by atoms with Gasteiger partial charge in [-0.15, -0.1) is 0 Å². The Morgan fingerprint density at radius 2 is 0.586 bits per heavy atom. The molecule has 0 spiro atoms. The van der Waals surface area contributed by atoms with Crippen molar-refractivity contribution in [2.24, 2.45) is 0 Å². The number of hydrogen-bond acceptors (Lipinski definition) is 2. The van der Waals surface area contributed by atoms with Gasteiger partial charge in [-0.3, -0.25) is 0 Å². The molecule has 0 aliphatic heterocycles. The van der Waals surface area contributed by atoms with Gasteiger partial charge in [0.15, 0.2) is 0 Å². The van der Waals surface area contributed by atoms with E-state index in [0.29, 0.717) is 7.69 Å². The highest BCUT2D eigenvalue weighted by Crippen LogP contribution is 2.12. The second-order valence-electron chi connectivity index (χ2n) is 9.01. The van der Waals surface area contributed by atoms with E-state index in [2.05, 4.69) is 13.8 Å². The largest absolute Gasteiger partial charge is 0.438 e. The van der Waals surface area contributed by atoms with E-state index in [9.17, 15) is 0 Å². The SMILES string of the molecule is CCCCCCCCCCCCCOBOCCCCCCCCCCCCC. The zero-order valence-electron chi connectivity index (χ0n) is 20.5. The van der Waals surface area contributed by atoms with Crippen molar-refractivity contribution < 1.29 is 9.31 Å². The summed E-state index contributed by atoms with van der Waals surface area (Å²) in [6.07, 6.45) is 30.5. The maximum atomic E-state index is 5.59. The lowest BCUT2D eigenvalue weighted by Crippen LogP contribution is -2.07. The Morgan fingerprint density at radius 1 is 0.345 bits per heavy atom. The smallest absolute Gasteiger partial charge is 0.414 e. The van der Waals surface area contributed by atoms with E-state index < -0.39 is 0 Å². The number of hydrogen-bond donors (Lipinski definition) is 0. The van der Waals surface area contributed by atoms with Crippen LogP contribution in [0.25, 0.3) is 0 Å². The van der Waals surface area contributed by atoms with Crippen molar-refractivity contribution in [2.75, 3.05) is 13.2 Å². The zero-order valence-corrected chi connectivity index (χ0v) is 20.5. The molecule has 29 heavy (non-hydrogen) atoms. The summed E-state index contributed by atoms with van der Waals surface area (Å²) in [6, 6.07) is 0. The molecule has 0 saturated heterocycles. The second kappa shape index (κ2) is 28.0. The van der Waals surface area contributed by atoms with Crippen molar-refractivity contribution in [1.82, 2.24) is 0 Å². The molecule has 0 bridgehead atoms. The Labute approximate surface area is 185 Å². The van der Waals surface area contributed by atoms with Crippen molar-refractivity contribution in [3.05, 3.63) is 0 Å². The van der Waals surface area contributed by atoms with Gasteiger partial charge in [-0.1, -0.05) is 142 Å². The van der Waals surface area contributed by atoms with Gasteiger partial charge in [0, 0.05) is 13.2 Å². The van der Waals surface area contributed by atoms with Crippen LogP contribution in [-0.4, -0.2) is 20.9 Å². The van der Waals surface area contributed by atoms with Crippen LogP contribution in [0.15, 0.2) is 0 Å². The molecule has 0 atom stereocenters. The number of rotatable bonds is 26. The molecule has 0 heterocycles. The Hall–Kier alpha value is -0.0151. The van der Waals surface area contributed by atoms with Crippen molar-refractivity contribution in [3.8, 4) is 0 Å². The lowest BCUT2D eigenvalue weighted by molar-refractivity contribution is 0.213. The Kier molecular flexibility index (Phi) is 28.0. The van der Waals surface area contributed by atoms with E-state index in [0.717, 1.165) is 13.2 Å². The minimum atomic E-state index is 0.496. The molecule has 0 radical (unpaired) electrons. The summed E-state index contributed by atoms with van der Waals surface area (Å²) in [4.78, 5) is 0. The molecule has 0 amide bonds. The van der Waals surface area contributed by atoms with Crippen molar-refractivity contribution in [3.63, 3.8) is 0 Å². The van der Waals surface area contributed by atoms with Gasteiger partial charge < -0.3 is 9.31 Å². The third-order valence-corrected chi connectivity index (χ3v) is 5.95. The van der Waals surface area contributed by atoms with E-state index >= 15 is 0 Å². The van der Waals surface area contributed by atoms with Crippen molar-refractivity contribution in [2.45, 2.75) is 155 Å². The minimum Gasteiger partial charge on any atom is -0.414 e. The molecule has 174 valence electrons. The van der Waals surface area contributed by atoms with Crippen LogP contribution < -0.4 is 0 Å². The van der Waals surface area contributed by atoms with Gasteiger partial charge in [0.25, 0.3) is 0 Å². The zero-order chi connectivity index (χ0) is 21.1. The molecule has 0 rings (SSSR count). The summed E-state index contributed by atoms with van der Waals surface area (Å²) in [5, 5.41) is 0. The highest BCUT2D eigenvalue weighted by molar-refractivity contribution is 6.17. The van der Waals surface area contributed by atoms with Gasteiger partial charge in [0.1, 0.15) is 0 Å². The first-order valence-electron chi connectivity index (χ1n) is 13.6. The van der Waals surface area contributed by atoms with Crippen LogP contribution in [0.1, 0.15) is 155 Å². The first kappa shape index (κ1) is 29.0. The van der Waals surface area contributed by atoms with E-state index in [-0.39, 0.29) is 0 Å². The average Bonchev–Trinajstić information content (AvgIpc) is 2.74. The van der Waals surface area contributed by atoms with Gasteiger partial charge in [-0.25, -0.2) is 0 Å². The van der Waals surface area contributed by atoms with Crippen LogP contribution in [0.4, 0.5) is 0 Å². The highest BCUT2D eigenvalue weighted by atomic mass is 16.6. The molecule has 0 fully saturated rings. The molecule has 0 aliphatic carbocycles.